The molecule has 0 radical (unpaired) electrons. The molecule has 4 N–H and O–H groups in total. The Labute approximate surface area is 237 Å². The summed E-state index contributed by atoms with van der Waals surface area (Å²) in [4.78, 5) is 28.3. The number of urea groups is 1. The lowest BCUT2D eigenvalue weighted by Gasteiger charge is -2.35. The molecule has 15 heteroatoms. The zero-order chi connectivity index (χ0) is 31.3. The Bertz CT molecular complexity index is 1220. The average Bonchev–Trinajstić information content (AvgIpc) is 2.92. The van der Waals surface area contributed by atoms with Crippen LogP contribution in [-0.4, -0.2) is 83.1 Å². The maximum Gasteiger partial charge on any atom is 0.430 e. The van der Waals surface area contributed by atoms with E-state index in [2.05, 4.69) is 10.6 Å². The summed E-state index contributed by atoms with van der Waals surface area (Å²) in [6.07, 6.45) is -10.7. The number of amides is 3. The minimum Gasteiger partial charge on any atom is -0.394 e. The van der Waals surface area contributed by atoms with Crippen molar-refractivity contribution in [3.63, 3.8) is 0 Å². The Morgan fingerprint density at radius 3 is 2.05 bits per heavy atom. The number of hydrogen-bond donors (Lipinski definition) is 4. The van der Waals surface area contributed by atoms with E-state index in [1.54, 1.807) is 0 Å². The normalized spacial score (nSPS) is 15.8. The minimum absolute atomic E-state index is 0.0449. The second-order valence-corrected chi connectivity index (χ2v) is 9.93. The van der Waals surface area contributed by atoms with E-state index in [9.17, 15) is 50.5 Å². The molecule has 0 unspecified atom stereocenters. The van der Waals surface area contributed by atoms with Gasteiger partial charge in [0.1, 0.15) is 5.82 Å². The molecule has 2 aromatic rings. The first-order chi connectivity index (χ1) is 19.6. The van der Waals surface area contributed by atoms with E-state index in [0.717, 1.165) is 24.6 Å². The van der Waals surface area contributed by atoms with Crippen molar-refractivity contribution in [3.05, 3.63) is 65.0 Å². The molecule has 1 saturated heterocycles. The van der Waals surface area contributed by atoms with Gasteiger partial charge in [-0.15, -0.1) is 0 Å². The van der Waals surface area contributed by atoms with E-state index in [-0.39, 0.29) is 37.5 Å². The summed E-state index contributed by atoms with van der Waals surface area (Å²) in [7, 11) is 0. The number of benzene rings is 2. The molecular weight excluding hydrogens is 577 g/mol. The quantitative estimate of drug-likeness (QED) is 0.317. The number of nitrogens with one attached hydrogen (secondary N) is 2. The second-order valence-electron chi connectivity index (χ2n) is 9.93. The summed E-state index contributed by atoms with van der Waals surface area (Å²) in [5.41, 5.74) is -6.05. The van der Waals surface area contributed by atoms with Crippen LogP contribution in [0.2, 0.25) is 0 Å². The van der Waals surface area contributed by atoms with E-state index in [1.165, 1.54) is 17.0 Å². The number of carbonyl (C=O) groups excluding carboxylic acids is 2. The Kier molecular flexibility index (Phi) is 10.4. The number of anilines is 1. The summed E-state index contributed by atoms with van der Waals surface area (Å²) >= 11 is 0. The van der Waals surface area contributed by atoms with Crippen molar-refractivity contribution in [1.29, 1.82) is 0 Å². The van der Waals surface area contributed by atoms with E-state index >= 15 is 0 Å². The third-order valence-electron chi connectivity index (χ3n) is 6.91. The summed E-state index contributed by atoms with van der Waals surface area (Å²) in [5, 5.41) is 23.7. The number of piperazine rings is 1. The van der Waals surface area contributed by atoms with Crippen LogP contribution in [0.5, 0.6) is 0 Å². The number of hydrogen-bond acceptors (Lipinski definition) is 5. The van der Waals surface area contributed by atoms with Gasteiger partial charge in [0, 0.05) is 43.9 Å². The standard InChI is InChI=1S/C27H31F7N4O4/c1-2-3-20(16-39)35-24(41)36-22-9-6-18(14-21(22)28)23(40)38-12-10-37(11-13-38)15-17-4-7-19(8-5-17)25(42,26(29,30)31)27(32,33)34/h4-9,14,20,39,42H,2-3,10-13,15-16H2,1H3,(H2,35,36,41)/t20-/m1/s1. The van der Waals surface area contributed by atoms with E-state index in [1.807, 2.05) is 11.8 Å². The highest BCUT2D eigenvalue weighted by molar-refractivity contribution is 5.95. The van der Waals surface area contributed by atoms with Crippen LogP contribution in [0.25, 0.3) is 0 Å². The first-order valence-electron chi connectivity index (χ1n) is 13.1. The summed E-state index contributed by atoms with van der Waals surface area (Å²) in [5.74, 6) is -1.30. The van der Waals surface area contributed by atoms with Crippen LogP contribution in [0.4, 0.5) is 41.2 Å². The largest absolute Gasteiger partial charge is 0.430 e. The monoisotopic (exact) mass is 608 g/mol. The fourth-order valence-electron chi connectivity index (χ4n) is 4.54. The van der Waals surface area contributed by atoms with Crippen molar-refractivity contribution >= 4 is 17.6 Å². The fraction of sp³-hybridized carbons (Fsp3) is 0.481. The molecule has 1 aliphatic rings. The van der Waals surface area contributed by atoms with Crippen molar-refractivity contribution in [1.82, 2.24) is 15.1 Å². The van der Waals surface area contributed by atoms with Crippen LogP contribution in [-0.2, 0) is 12.1 Å². The molecule has 0 saturated carbocycles. The Balaban J connectivity index is 1.56. The Morgan fingerprint density at radius 1 is 0.952 bits per heavy atom. The lowest BCUT2D eigenvalue weighted by molar-refractivity contribution is -0.376. The summed E-state index contributed by atoms with van der Waals surface area (Å²) < 4.78 is 93.2. The van der Waals surface area contributed by atoms with Crippen molar-refractivity contribution in [2.75, 3.05) is 38.1 Å². The van der Waals surface area contributed by atoms with Gasteiger partial charge in [-0.25, -0.2) is 9.18 Å². The number of halogens is 7. The molecule has 8 nitrogen and oxygen atoms in total. The molecule has 3 amide bonds. The molecule has 0 spiro atoms. The number of aliphatic hydroxyl groups excluding tert-OH is 1. The SMILES string of the molecule is CCC[C@H](CO)NC(=O)Nc1ccc(C(=O)N2CCN(Cc3ccc(C(O)(C(F)(F)F)C(F)(F)F)cc3)CC2)cc1F. The molecule has 1 fully saturated rings. The van der Waals surface area contributed by atoms with Gasteiger partial charge >= 0.3 is 18.4 Å². The molecule has 232 valence electrons. The third kappa shape index (κ3) is 7.50. The number of carbonyl (C=O) groups is 2. The smallest absolute Gasteiger partial charge is 0.394 e. The summed E-state index contributed by atoms with van der Waals surface area (Å²) in [6, 6.07) is 5.71. The van der Waals surface area contributed by atoms with Gasteiger partial charge in [-0.3, -0.25) is 9.69 Å². The lowest BCUT2D eigenvalue weighted by atomic mass is 9.91. The zero-order valence-electron chi connectivity index (χ0n) is 22.5. The molecule has 3 rings (SSSR count). The van der Waals surface area contributed by atoms with Gasteiger partial charge in [-0.1, -0.05) is 37.6 Å². The van der Waals surface area contributed by atoms with Crippen LogP contribution < -0.4 is 10.6 Å². The molecule has 0 bridgehead atoms. The van der Waals surface area contributed by atoms with Crippen molar-refractivity contribution in [2.45, 2.75) is 50.3 Å². The highest BCUT2D eigenvalue weighted by Gasteiger charge is 2.71. The number of aliphatic hydroxyl groups is 2. The average molecular weight is 609 g/mol. The molecule has 0 aliphatic carbocycles. The van der Waals surface area contributed by atoms with E-state index in [4.69, 9.17) is 0 Å². The van der Waals surface area contributed by atoms with Crippen molar-refractivity contribution in [3.8, 4) is 0 Å². The van der Waals surface area contributed by atoms with Crippen molar-refractivity contribution < 1.29 is 50.5 Å². The van der Waals surface area contributed by atoms with Gasteiger partial charge in [0.15, 0.2) is 0 Å². The Hall–Kier alpha value is -3.43. The highest BCUT2D eigenvalue weighted by atomic mass is 19.4. The predicted molar refractivity (Wildman–Crippen MR) is 138 cm³/mol. The van der Waals surface area contributed by atoms with Gasteiger partial charge in [0.25, 0.3) is 11.5 Å². The first-order valence-corrected chi connectivity index (χ1v) is 13.1. The van der Waals surface area contributed by atoms with Crippen LogP contribution in [0, 0.1) is 5.82 Å². The maximum atomic E-state index is 14.6. The molecule has 1 atom stereocenters. The van der Waals surface area contributed by atoms with Crippen LogP contribution >= 0.6 is 0 Å². The molecule has 2 aromatic carbocycles. The topological polar surface area (TPSA) is 105 Å². The number of alkyl halides is 6. The summed E-state index contributed by atoms with van der Waals surface area (Å²) in [6.45, 7) is 2.89. The molecule has 0 aromatic heterocycles. The van der Waals surface area contributed by atoms with Gasteiger partial charge < -0.3 is 25.7 Å². The van der Waals surface area contributed by atoms with Gasteiger partial charge in [0.05, 0.1) is 18.3 Å². The van der Waals surface area contributed by atoms with Crippen LogP contribution in [0.15, 0.2) is 42.5 Å². The maximum absolute atomic E-state index is 14.6. The molecule has 42 heavy (non-hydrogen) atoms. The van der Waals surface area contributed by atoms with E-state index in [0.29, 0.717) is 37.2 Å². The zero-order valence-corrected chi connectivity index (χ0v) is 22.5. The molecular formula is C27H31F7N4O4. The Morgan fingerprint density at radius 2 is 1.55 bits per heavy atom. The van der Waals surface area contributed by atoms with Crippen LogP contribution in [0.3, 0.4) is 0 Å². The predicted octanol–water partition coefficient (Wildman–Crippen LogP) is 4.38. The molecule has 1 aliphatic heterocycles. The van der Waals surface area contributed by atoms with Crippen LogP contribution in [0.1, 0.15) is 41.3 Å². The van der Waals surface area contributed by atoms with Gasteiger partial charge in [0.2, 0.25) is 0 Å². The number of nitrogens with zero attached hydrogens (tertiary/aromatic N) is 2. The highest BCUT2D eigenvalue weighted by Crippen LogP contribution is 2.50. The van der Waals surface area contributed by atoms with Crippen molar-refractivity contribution in [2.24, 2.45) is 0 Å². The fourth-order valence-corrected chi connectivity index (χ4v) is 4.54. The van der Waals surface area contributed by atoms with E-state index < -0.39 is 47.3 Å². The van der Waals surface area contributed by atoms with Gasteiger partial charge in [-0.2, -0.15) is 26.3 Å². The molecule has 1 heterocycles. The third-order valence-corrected chi connectivity index (χ3v) is 6.91. The minimum atomic E-state index is -5.97. The number of rotatable bonds is 9. The van der Waals surface area contributed by atoms with Gasteiger partial charge in [-0.05, 0) is 30.2 Å². The lowest BCUT2D eigenvalue weighted by Crippen LogP contribution is -2.53. The first kappa shape index (κ1) is 33.1. The second kappa shape index (κ2) is 13.3.